The first kappa shape index (κ1) is 50.6. The monoisotopic (exact) mass is 932 g/mol. The zero-order chi connectivity index (χ0) is 48.6. The molecular formula is C53H68N4O9Si. The highest BCUT2D eigenvalue weighted by atomic mass is 28.4. The number of fused-ring (bicyclic) bond motifs is 1. The summed E-state index contributed by atoms with van der Waals surface area (Å²) in [6.07, 6.45) is 0.237. The number of amides is 2. The van der Waals surface area contributed by atoms with Crippen LogP contribution in [0.4, 0.5) is 4.79 Å². The molecule has 3 atom stereocenters. The number of unbranched alkanes of at least 4 members (excludes halogenated alkanes) is 1. The Balaban J connectivity index is 1.20. The number of esters is 1. The minimum absolute atomic E-state index is 0.156. The second kappa shape index (κ2) is 21.4. The van der Waals surface area contributed by atoms with Crippen LogP contribution in [0.2, 0.25) is 18.1 Å². The molecule has 0 saturated carbocycles. The Morgan fingerprint density at radius 1 is 0.881 bits per heavy atom. The molecule has 1 aromatic heterocycles. The molecule has 358 valence electrons. The van der Waals surface area contributed by atoms with E-state index >= 15 is 0 Å². The van der Waals surface area contributed by atoms with Crippen LogP contribution in [0.3, 0.4) is 0 Å². The maximum absolute atomic E-state index is 14.1. The maximum Gasteiger partial charge on any atom is 0.410 e. The molecule has 0 bridgehead atoms. The van der Waals surface area contributed by atoms with E-state index in [2.05, 4.69) is 49.1 Å². The van der Waals surface area contributed by atoms with Crippen LogP contribution < -0.4 is 15.6 Å². The Morgan fingerprint density at radius 3 is 2.22 bits per heavy atom. The van der Waals surface area contributed by atoms with Crippen LogP contribution in [0.5, 0.6) is 5.75 Å². The summed E-state index contributed by atoms with van der Waals surface area (Å²) in [5.74, 6) is -0.655. The van der Waals surface area contributed by atoms with Crippen LogP contribution in [-0.4, -0.2) is 97.7 Å². The second-order valence-electron chi connectivity index (χ2n) is 20.0. The highest BCUT2D eigenvalue weighted by Crippen LogP contribution is 2.42. The number of pyridine rings is 1. The number of carbonyl (C=O) groups is 3. The summed E-state index contributed by atoms with van der Waals surface area (Å²) in [5, 5.41) is 15.7. The fraction of sp³-hybridized carbons (Fsp3) is 0.434. The molecule has 1 aliphatic heterocycles. The summed E-state index contributed by atoms with van der Waals surface area (Å²) in [4.78, 5) is 61.0. The molecule has 13 nitrogen and oxygen atoms in total. The van der Waals surface area contributed by atoms with Crippen molar-refractivity contribution in [2.75, 3.05) is 39.8 Å². The van der Waals surface area contributed by atoms with Crippen molar-refractivity contribution >= 4 is 37.2 Å². The average Bonchev–Trinajstić information content (AvgIpc) is 3.70. The number of likely N-dealkylation sites (tertiary alicyclic amines) is 1. The quantitative estimate of drug-likeness (QED) is 0.0440. The number of hydrogen-bond acceptors (Lipinski definition) is 10. The van der Waals surface area contributed by atoms with Gasteiger partial charge in [-0.1, -0.05) is 99.6 Å². The molecule has 4 aromatic carbocycles. The number of aromatic amines is 1. The summed E-state index contributed by atoms with van der Waals surface area (Å²) in [6, 6.07) is 31.9. The van der Waals surface area contributed by atoms with E-state index in [0.29, 0.717) is 55.8 Å². The van der Waals surface area contributed by atoms with Gasteiger partial charge in [-0.15, -0.1) is 0 Å². The number of H-pyrrole nitrogens is 1. The summed E-state index contributed by atoms with van der Waals surface area (Å²) < 4.78 is 25.3. The molecule has 2 amide bonds. The first-order valence-corrected chi connectivity index (χ1v) is 26.1. The van der Waals surface area contributed by atoms with Crippen molar-refractivity contribution in [3.8, 4) is 5.75 Å². The second-order valence-corrected chi connectivity index (χ2v) is 24.8. The molecule has 1 unspecified atom stereocenters. The van der Waals surface area contributed by atoms with Crippen molar-refractivity contribution in [1.82, 2.24) is 20.1 Å². The molecular weight excluding hydrogens is 865 g/mol. The third-order valence-corrected chi connectivity index (χ3v) is 17.0. The van der Waals surface area contributed by atoms with E-state index < -0.39 is 37.7 Å². The predicted molar refractivity (Wildman–Crippen MR) is 264 cm³/mol. The van der Waals surface area contributed by atoms with Crippen molar-refractivity contribution in [3.63, 3.8) is 0 Å². The van der Waals surface area contributed by atoms with E-state index in [-0.39, 0.29) is 46.8 Å². The maximum atomic E-state index is 14.1. The molecule has 5 aromatic rings. The molecule has 3 N–H and O–H groups in total. The minimum atomic E-state index is -2.48. The number of aromatic nitrogens is 1. The number of carbonyl (C=O) groups excluding carboxylic acids is 3. The van der Waals surface area contributed by atoms with Gasteiger partial charge < -0.3 is 43.8 Å². The lowest BCUT2D eigenvalue weighted by Crippen LogP contribution is -2.46. The van der Waals surface area contributed by atoms with E-state index in [4.69, 9.17) is 18.6 Å². The third-order valence-electron chi connectivity index (χ3n) is 12.5. The number of likely N-dealkylation sites (N-methyl/N-ethyl adjacent to an activating group) is 1. The van der Waals surface area contributed by atoms with Gasteiger partial charge in [0, 0.05) is 48.8 Å². The van der Waals surface area contributed by atoms with E-state index in [1.165, 1.54) is 12.1 Å². The van der Waals surface area contributed by atoms with Crippen molar-refractivity contribution in [2.24, 2.45) is 0 Å². The molecule has 1 aliphatic rings. The first-order valence-electron chi connectivity index (χ1n) is 23.2. The van der Waals surface area contributed by atoms with Gasteiger partial charge in [0.2, 0.25) is 11.2 Å². The molecule has 0 aliphatic carbocycles. The normalized spacial score (nSPS) is 15.9. The van der Waals surface area contributed by atoms with Gasteiger partial charge in [-0.3, -0.25) is 9.59 Å². The van der Waals surface area contributed by atoms with Gasteiger partial charge >= 0.3 is 12.1 Å². The largest absolute Gasteiger partial charge is 0.487 e. The topological polar surface area (TPSA) is 160 Å². The van der Waals surface area contributed by atoms with Crippen LogP contribution in [0.15, 0.2) is 114 Å². The summed E-state index contributed by atoms with van der Waals surface area (Å²) in [5.41, 5.74) is -0.0362. The molecule has 67 heavy (non-hydrogen) atoms. The Morgan fingerprint density at radius 2 is 1.57 bits per heavy atom. The molecule has 0 spiro atoms. The Bertz CT molecular complexity index is 2540. The van der Waals surface area contributed by atoms with Crippen LogP contribution in [0.1, 0.15) is 99.5 Å². The van der Waals surface area contributed by atoms with Gasteiger partial charge in [-0.25, -0.2) is 9.59 Å². The first-order chi connectivity index (χ1) is 31.6. The highest BCUT2D eigenvalue weighted by molar-refractivity contribution is 6.74. The summed E-state index contributed by atoms with van der Waals surface area (Å²) in [7, 11) is -0.530. The van der Waals surface area contributed by atoms with Gasteiger partial charge in [0.15, 0.2) is 8.32 Å². The van der Waals surface area contributed by atoms with Crippen molar-refractivity contribution in [1.29, 1.82) is 0 Å². The van der Waals surface area contributed by atoms with Crippen LogP contribution >= 0.6 is 0 Å². The van der Waals surface area contributed by atoms with Crippen LogP contribution in [0, 0.1) is 0 Å². The molecule has 1 saturated heterocycles. The predicted octanol–water partition coefficient (Wildman–Crippen LogP) is 9.10. The van der Waals surface area contributed by atoms with E-state index in [0.717, 1.165) is 23.1 Å². The fourth-order valence-corrected chi connectivity index (χ4v) is 9.09. The van der Waals surface area contributed by atoms with Crippen molar-refractivity contribution < 1.29 is 38.1 Å². The van der Waals surface area contributed by atoms with Crippen LogP contribution in [-0.2, 0) is 30.9 Å². The SMILES string of the molecule is CN1CCC(OC(=O)[C@@](O)(c2ccccc2)c2cccc(C(=O)NCCCCN(C[C@H](O[Si](C)(C)C(C)(C)C)c3ccc(OCc4ccccc4)c4[nH]c(=O)ccc34)C(=O)OC(C)(C)C)c2)C1. The van der Waals surface area contributed by atoms with Gasteiger partial charge in [-0.05, 0) is 106 Å². The summed E-state index contributed by atoms with van der Waals surface area (Å²) >= 11 is 0. The lowest BCUT2D eigenvalue weighted by Gasteiger charge is -2.41. The number of aliphatic hydroxyl groups is 1. The number of ether oxygens (including phenoxy) is 3. The lowest BCUT2D eigenvalue weighted by atomic mass is 9.85. The van der Waals surface area contributed by atoms with Gasteiger partial charge in [0.1, 0.15) is 24.1 Å². The molecule has 2 heterocycles. The fourth-order valence-electron chi connectivity index (χ4n) is 7.83. The molecule has 14 heteroatoms. The number of hydrogen-bond donors (Lipinski definition) is 3. The Kier molecular flexibility index (Phi) is 16.2. The summed E-state index contributed by atoms with van der Waals surface area (Å²) in [6.45, 7) is 18.7. The number of benzene rings is 4. The van der Waals surface area contributed by atoms with Gasteiger partial charge in [0.25, 0.3) is 5.91 Å². The zero-order valence-electron chi connectivity index (χ0n) is 40.5. The number of nitrogens with zero attached hydrogens (tertiary/aromatic N) is 2. The van der Waals surface area contributed by atoms with Crippen LogP contribution in [0.25, 0.3) is 10.9 Å². The number of rotatable bonds is 18. The number of nitrogens with one attached hydrogen (secondary N) is 2. The molecule has 0 radical (unpaired) electrons. The Hall–Kier alpha value is -5.80. The van der Waals surface area contributed by atoms with E-state index in [9.17, 15) is 24.3 Å². The molecule has 6 rings (SSSR count). The third kappa shape index (κ3) is 13.0. The smallest absolute Gasteiger partial charge is 0.410 e. The zero-order valence-corrected chi connectivity index (χ0v) is 41.5. The van der Waals surface area contributed by atoms with Gasteiger partial charge in [-0.2, -0.15) is 0 Å². The van der Waals surface area contributed by atoms with Crippen molar-refractivity contribution in [2.45, 2.75) is 109 Å². The lowest BCUT2D eigenvalue weighted by molar-refractivity contribution is -0.167. The highest BCUT2D eigenvalue weighted by Gasteiger charge is 2.44. The standard InChI is InChI=1S/C53H68N4O9Si/c1-51(2,3)65-50(61)57(35-45(66-67(8,9)52(4,5)6)42-25-27-44(47-43(42)26-28-46(58)55-47)63-36-37-19-12-10-13-20-37)31-17-16-30-54-48(59)38-21-18-24-40(33-38)53(62,39-22-14-11-15-23-39)49(60)64-41-29-32-56(7)34-41/h10-15,18-28,33,41,45,62H,16-17,29-32,34-36H2,1-9H3,(H,54,59)(H,55,58)/t41?,45-,53+/m0/s1. The van der Waals surface area contributed by atoms with Gasteiger partial charge in [0.05, 0.1) is 18.2 Å². The van der Waals surface area contributed by atoms with E-state index in [1.807, 2.05) is 70.3 Å². The van der Waals surface area contributed by atoms with Crippen molar-refractivity contribution in [3.05, 3.63) is 147 Å². The molecule has 1 fully saturated rings. The van der Waals surface area contributed by atoms with E-state index in [1.54, 1.807) is 59.5 Å². The Labute approximate surface area is 395 Å². The average molecular weight is 933 g/mol. The minimum Gasteiger partial charge on any atom is -0.487 e.